The van der Waals surface area contributed by atoms with Crippen molar-refractivity contribution in [3.63, 3.8) is 0 Å². The summed E-state index contributed by atoms with van der Waals surface area (Å²) in [5, 5.41) is 0.436. The highest BCUT2D eigenvalue weighted by atomic mass is 35.5. The van der Waals surface area contributed by atoms with Gasteiger partial charge in [0, 0.05) is 11.8 Å². The van der Waals surface area contributed by atoms with Crippen LogP contribution in [0.2, 0.25) is 5.15 Å². The highest BCUT2D eigenvalue weighted by molar-refractivity contribution is 6.30. The van der Waals surface area contributed by atoms with Crippen molar-refractivity contribution in [2.75, 3.05) is 0 Å². The van der Waals surface area contributed by atoms with Gasteiger partial charge in [0.25, 0.3) is 0 Å². The maximum atomic E-state index is 5.75. The van der Waals surface area contributed by atoms with Gasteiger partial charge in [0.05, 0.1) is 0 Å². The minimum absolute atomic E-state index is 0.212. The molecule has 0 saturated heterocycles. The molecule has 0 aliphatic rings. The summed E-state index contributed by atoms with van der Waals surface area (Å²) in [6, 6.07) is 3.61. The lowest BCUT2D eigenvalue weighted by Gasteiger charge is -2.08. The summed E-state index contributed by atoms with van der Waals surface area (Å²) in [5.74, 6) is 4.99. The molecule has 11 heavy (non-hydrogen) atoms. The minimum atomic E-state index is -0.212. The van der Waals surface area contributed by atoms with Crippen LogP contribution in [0.15, 0.2) is 18.3 Å². The SMILES string of the molecule is CC(ON)c1cccnc1Cl. The number of nitrogens with zero attached hydrogens (tertiary/aromatic N) is 1. The standard InChI is InChI=1S/C7H9ClN2O/c1-5(11-9)6-3-2-4-10-7(6)8/h2-5H,9H2,1H3. The minimum Gasteiger partial charge on any atom is -0.297 e. The lowest BCUT2D eigenvalue weighted by atomic mass is 10.2. The molecule has 0 saturated carbocycles. The average molecular weight is 173 g/mol. The second-order valence-corrected chi connectivity index (χ2v) is 2.52. The van der Waals surface area contributed by atoms with Crippen LogP contribution >= 0.6 is 11.6 Å². The van der Waals surface area contributed by atoms with E-state index in [9.17, 15) is 0 Å². The molecule has 0 aliphatic heterocycles. The molecule has 0 amide bonds. The average Bonchev–Trinajstić information content (AvgIpc) is 2.04. The number of aromatic nitrogens is 1. The maximum Gasteiger partial charge on any atom is 0.134 e. The van der Waals surface area contributed by atoms with Crippen LogP contribution in [0.5, 0.6) is 0 Å². The third-order valence-electron chi connectivity index (χ3n) is 1.43. The molecule has 2 N–H and O–H groups in total. The van der Waals surface area contributed by atoms with E-state index in [0.717, 1.165) is 5.56 Å². The first-order valence-corrected chi connectivity index (χ1v) is 3.59. The molecule has 0 spiro atoms. The lowest BCUT2D eigenvalue weighted by molar-refractivity contribution is 0.0662. The van der Waals surface area contributed by atoms with Gasteiger partial charge in [-0.25, -0.2) is 10.9 Å². The first-order valence-electron chi connectivity index (χ1n) is 3.21. The number of hydrogen-bond donors (Lipinski definition) is 1. The molecule has 60 valence electrons. The number of halogens is 1. The second-order valence-electron chi connectivity index (χ2n) is 2.16. The van der Waals surface area contributed by atoms with E-state index in [0.29, 0.717) is 5.15 Å². The van der Waals surface area contributed by atoms with Crippen LogP contribution in [0.4, 0.5) is 0 Å². The van der Waals surface area contributed by atoms with Crippen LogP contribution in [0, 0.1) is 0 Å². The van der Waals surface area contributed by atoms with E-state index in [1.165, 1.54) is 0 Å². The van der Waals surface area contributed by atoms with Gasteiger partial charge in [-0.1, -0.05) is 17.7 Å². The molecule has 0 radical (unpaired) electrons. The molecule has 1 rings (SSSR count). The predicted octanol–water partition coefficient (Wildman–Crippen LogP) is 1.69. The highest BCUT2D eigenvalue weighted by Gasteiger charge is 2.08. The Balaban J connectivity index is 2.93. The van der Waals surface area contributed by atoms with Crippen molar-refractivity contribution in [1.82, 2.24) is 4.98 Å². The Morgan fingerprint density at radius 1 is 1.73 bits per heavy atom. The molecule has 1 unspecified atom stereocenters. The molecule has 1 atom stereocenters. The summed E-state index contributed by atoms with van der Waals surface area (Å²) in [6.45, 7) is 1.81. The third-order valence-corrected chi connectivity index (χ3v) is 1.75. The molecule has 0 bridgehead atoms. The molecular formula is C7H9ClN2O. The summed E-state index contributed by atoms with van der Waals surface area (Å²) in [4.78, 5) is 8.47. The van der Waals surface area contributed by atoms with Crippen molar-refractivity contribution in [3.05, 3.63) is 29.0 Å². The van der Waals surface area contributed by atoms with Crippen LogP contribution in [0.3, 0.4) is 0 Å². The molecule has 4 heteroatoms. The van der Waals surface area contributed by atoms with E-state index in [2.05, 4.69) is 9.82 Å². The number of pyridine rings is 1. The highest BCUT2D eigenvalue weighted by Crippen LogP contribution is 2.20. The van der Waals surface area contributed by atoms with Gasteiger partial charge in [0.1, 0.15) is 11.3 Å². The molecule has 0 aliphatic carbocycles. The van der Waals surface area contributed by atoms with E-state index in [4.69, 9.17) is 17.5 Å². The molecule has 0 fully saturated rings. The summed E-state index contributed by atoms with van der Waals surface area (Å²) in [6.07, 6.45) is 1.41. The molecular weight excluding hydrogens is 164 g/mol. The van der Waals surface area contributed by atoms with Gasteiger partial charge < -0.3 is 0 Å². The fourth-order valence-electron chi connectivity index (χ4n) is 0.775. The van der Waals surface area contributed by atoms with E-state index >= 15 is 0 Å². The normalized spacial score (nSPS) is 13.0. The molecule has 1 aromatic heterocycles. The Bertz CT molecular complexity index is 242. The Labute approximate surface area is 70.1 Å². The Morgan fingerprint density at radius 3 is 3.00 bits per heavy atom. The quantitative estimate of drug-likeness (QED) is 0.546. The summed E-state index contributed by atoms with van der Waals surface area (Å²) >= 11 is 5.75. The second kappa shape index (κ2) is 3.67. The fraction of sp³-hybridized carbons (Fsp3) is 0.286. The van der Waals surface area contributed by atoms with Gasteiger partial charge in [0.15, 0.2) is 0 Å². The zero-order valence-electron chi connectivity index (χ0n) is 6.12. The van der Waals surface area contributed by atoms with E-state index in [1.54, 1.807) is 12.3 Å². The van der Waals surface area contributed by atoms with Crippen molar-refractivity contribution >= 4 is 11.6 Å². The maximum absolute atomic E-state index is 5.75. The molecule has 1 aromatic rings. The van der Waals surface area contributed by atoms with Gasteiger partial charge >= 0.3 is 0 Å². The third kappa shape index (κ3) is 1.89. The zero-order valence-corrected chi connectivity index (χ0v) is 6.88. The number of nitrogens with two attached hydrogens (primary N) is 1. The van der Waals surface area contributed by atoms with Crippen LogP contribution in [-0.4, -0.2) is 4.98 Å². The predicted molar refractivity (Wildman–Crippen MR) is 42.9 cm³/mol. The summed E-state index contributed by atoms with van der Waals surface area (Å²) < 4.78 is 0. The summed E-state index contributed by atoms with van der Waals surface area (Å²) in [7, 11) is 0. The first-order chi connectivity index (χ1) is 5.25. The number of rotatable bonds is 2. The smallest absolute Gasteiger partial charge is 0.134 e. The Morgan fingerprint density at radius 2 is 2.45 bits per heavy atom. The molecule has 3 nitrogen and oxygen atoms in total. The topological polar surface area (TPSA) is 48.1 Å². The van der Waals surface area contributed by atoms with E-state index in [-0.39, 0.29) is 6.10 Å². The number of hydrogen-bond acceptors (Lipinski definition) is 3. The first kappa shape index (κ1) is 8.46. The lowest BCUT2D eigenvalue weighted by Crippen LogP contribution is -2.06. The van der Waals surface area contributed by atoms with Crippen molar-refractivity contribution < 1.29 is 4.84 Å². The van der Waals surface area contributed by atoms with Gasteiger partial charge in [-0.3, -0.25) is 4.84 Å². The summed E-state index contributed by atoms with van der Waals surface area (Å²) in [5.41, 5.74) is 0.802. The molecule has 1 heterocycles. The monoisotopic (exact) mass is 172 g/mol. The largest absolute Gasteiger partial charge is 0.297 e. The van der Waals surface area contributed by atoms with Gasteiger partial charge in [0.2, 0.25) is 0 Å². The Hall–Kier alpha value is -0.640. The van der Waals surface area contributed by atoms with Gasteiger partial charge in [-0.15, -0.1) is 0 Å². The van der Waals surface area contributed by atoms with Crippen LogP contribution < -0.4 is 5.90 Å². The van der Waals surface area contributed by atoms with Crippen molar-refractivity contribution in [2.24, 2.45) is 5.90 Å². The Kier molecular flexibility index (Phi) is 2.82. The zero-order chi connectivity index (χ0) is 8.27. The van der Waals surface area contributed by atoms with E-state index in [1.807, 2.05) is 13.0 Å². The van der Waals surface area contributed by atoms with Crippen molar-refractivity contribution in [2.45, 2.75) is 13.0 Å². The fourth-order valence-corrected chi connectivity index (χ4v) is 1.05. The van der Waals surface area contributed by atoms with Gasteiger partial charge in [-0.2, -0.15) is 0 Å². The molecule has 0 aromatic carbocycles. The van der Waals surface area contributed by atoms with Crippen molar-refractivity contribution in [3.8, 4) is 0 Å². The van der Waals surface area contributed by atoms with Crippen LogP contribution in [0.1, 0.15) is 18.6 Å². The van der Waals surface area contributed by atoms with Crippen LogP contribution in [0.25, 0.3) is 0 Å². The van der Waals surface area contributed by atoms with Gasteiger partial charge in [-0.05, 0) is 13.0 Å². The van der Waals surface area contributed by atoms with Crippen molar-refractivity contribution in [1.29, 1.82) is 0 Å². The van der Waals surface area contributed by atoms with Crippen LogP contribution in [-0.2, 0) is 4.84 Å². The van der Waals surface area contributed by atoms with E-state index < -0.39 is 0 Å².